The van der Waals surface area contributed by atoms with Gasteiger partial charge in [-0.1, -0.05) is 18.2 Å². The molecule has 0 aliphatic heterocycles. The summed E-state index contributed by atoms with van der Waals surface area (Å²) in [5.41, 5.74) is 1.78. The summed E-state index contributed by atoms with van der Waals surface area (Å²) in [6.07, 6.45) is -0.583. The number of methoxy groups -OCH3 is 1. The zero-order chi connectivity index (χ0) is 14.5. The van der Waals surface area contributed by atoms with Gasteiger partial charge in [-0.05, 0) is 61.7 Å². The Kier molecular flexibility index (Phi) is 5.46. The lowest BCUT2D eigenvalue weighted by Gasteiger charge is -2.15. The molecular formula is C15H15Br2NO2. The highest BCUT2D eigenvalue weighted by atomic mass is 79.9. The Morgan fingerprint density at radius 2 is 1.70 bits per heavy atom. The number of aliphatic hydroxyl groups is 1. The minimum absolute atomic E-state index is 0.424. The van der Waals surface area contributed by atoms with Crippen LogP contribution in [0.5, 0.6) is 5.75 Å². The molecule has 20 heavy (non-hydrogen) atoms. The molecule has 0 aliphatic rings. The molecule has 0 heterocycles. The van der Waals surface area contributed by atoms with Crippen LogP contribution in [0.2, 0.25) is 0 Å². The van der Waals surface area contributed by atoms with E-state index in [1.807, 2.05) is 42.5 Å². The first-order chi connectivity index (χ1) is 9.61. The van der Waals surface area contributed by atoms with Gasteiger partial charge in [0.05, 0.1) is 18.9 Å². The van der Waals surface area contributed by atoms with Crippen molar-refractivity contribution < 1.29 is 9.84 Å². The van der Waals surface area contributed by atoms with Gasteiger partial charge in [-0.3, -0.25) is 0 Å². The fraction of sp³-hybridized carbons (Fsp3) is 0.200. The smallest absolute Gasteiger partial charge is 0.118 e. The zero-order valence-corrected chi connectivity index (χ0v) is 14.1. The Labute approximate surface area is 135 Å². The number of benzene rings is 2. The molecule has 0 fully saturated rings. The van der Waals surface area contributed by atoms with Gasteiger partial charge >= 0.3 is 0 Å². The second kappa shape index (κ2) is 7.11. The number of para-hydroxylation sites is 1. The lowest BCUT2D eigenvalue weighted by Crippen LogP contribution is -2.12. The summed E-state index contributed by atoms with van der Waals surface area (Å²) < 4.78 is 7.01. The van der Waals surface area contributed by atoms with E-state index in [1.54, 1.807) is 7.11 Å². The quantitative estimate of drug-likeness (QED) is 0.783. The number of hydrogen-bond donors (Lipinski definition) is 2. The molecule has 0 radical (unpaired) electrons. The summed E-state index contributed by atoms with van der Waals surface area (Å²) in [5, 5.41) is 13.4. The summed E-state index contributed by atoms with van der Waals surface area (Å²) in [7, 11) is 1.62. The summed E-state index contributed by atoms with van der Waals surface area (Å²) in [5.74, 6) is 0.780. The molecule has 106 valence electrons. The molecule has 1 unspecified atom stereocenters. The third-order valence-corrected chi connectivity index (χ3v) is 4.26. The van der Waals surface area contributed by atoms with Crippen LogP contribution in [0.1, 0.15) is 11.7 Å². The average Bonchev–Trinajstić information content (AvgIpc) is 2.46. The molecule has 0 aromatic heterocycles. The van der Waals surface area contributed by atoms with Crippen LogP contribution in [0.15, 0.2) is 51.4 Å². The Hall–Kier alpha value is -1.04. The Morgan fingerprint density at radius 3 is 2.25 bits per heavy atom. The highest BCUT2D eigenvalue weighted by Gasteiger charge is 2.10. The predicted molar refractivity (Wildman–Crippen MR) is 88.3 cm³/mol. The Balaban J connectivity index is 2.02. The van der Waals surface area contributed by atoms with Crippen LogP contribution in [0.4, 0.5) is 5.69 Å². The van der Waals surface area contributed by atoms with E-state index in [9.17, 15) is 5.11 Å². The van der Waals surface area contributed by atoms with E-state index in [2.05, 4.69) is 37.2 Å². The molecule has 3 nitrogen and oxygen atoms in total. The summed E-state index contributed by atoms with van der Waals surface area (Å²) in [4.78, 5) is 0. The van der Waals surface area contributed by atoms with Crippen molar-refractivity contribution >= 4 is 37.5 Å². The SMILES string of the molecule is COc1ccc(C(O)CNc2c(Br)cccc2Br)cc1. The standard InChI is InChI=1S/C15H15Br2NO2/c1-20-11-7-5-10(6-8-11)14(19)9-18-15-12(16)3-2-4-13(15)17/h2-8,14,18-19H,9H2,1H3. The molecule has 2 N–H and O–H groups in total. The molecule has 0 saturated carbocycles. The fourth-order valence-electron chi connectivity index (χ4n) is 1.81. The van der Waals surface area contributed by atoms with Crippen LogP contribution < -0.4 is 10.1 Å². The van der Waals surface area contributed by atoms with Crippen LogP contribution in [0.25, 0.3) is 0 Å². The Bertz CT molecular complexity index is 552. The molecular weight excluding hydrogens is 386 g/mol. The van der Waals surface area contributed by atoms with E-state index >= 15 is 0 Å². The van der Waals surface area contributed by atoms with Gasteiger partial charge in [0, 0.05) is 15.5 Å². The van der Waals surface area contributed by atoms with E-state index in [4.69, 9.17) is 4.74 Å². The molecule has 0 aliphatic carbocycles. The molecule has 0 bridgehead atoms. The largest absolute Gasteiger partial charge is 0.497 e. The van der Waals surface area contributed by atoms with Gasteiger partial charge in [-0.25, -0.2) is 0 Å². The lowest BCUT2D eigenvalue weighted by molar-refractivity contribution is 0.191. The number of halogens is 2. The highest BCUT2D eigenvalue weighted by molar-refractivity contribution is 9.11. The molecule has 2 aromatic rings. The molecule has 1 atom stereocenters. The molecule has 0 spiro atoms. The second-order valence-corrected chi connectivity index (χ2v) is 5.98. The lowest BCUT2D eigenvalue weighted by atomic mass is 10.1. The van der Waals surface area contributed by atoms with Crippen LogP contribution in [-0.2, 0) is 0 Å². The van der Waals surface area contributed by atoms with Crippen LogP contribution in [-0.4, -0.2) is 18.8 Å². The molecule has 0 saturated heterocycles. The van der Waals surface area contributed by atoms with Gasteiger partial charge in [-0.15, -0.1) is 0 Å². The van der Waals surface area contributed by atoms with Crippen LogP contribution in [0, 0.1) is 0 Å². The van der Waals surface area contributed by atoms with Gasteiger partial charge in [0.1, 0.15) is 5.75 Å². The summed E-state index contributed by atoms with van der Waals surface area (Å²) in [6, 6.07) is 13.2. The Morgan fingerprint density at radius 1 is 1.10 bits per heavy atom. The maximum atomic E-state index is 10.2. The van der Waals surface area contributed by atoms with Gasteiger partial charge in [-0.2, -0.15) is 0 Å². The summed E-state index contributed by atoms with van der Waals surface area (Å²) in [6.45, 7) is 0.424. The van der Waals surface area contributed by atoms with Gasteiger partial charge in [0.15, 0.2) is 0 Å². The van der Waals surface area contributed by atoms with E-state index in [-0.39, 0.29) is 0 Å². The topological polar surface area (TPSA) is 41.5 Å². The van der Waals surface area contributed by atoms with Gasteiger partial charge < -0.3 is 15.2 Å². The number of anilines is 1. The van der Waals surface area contributed by atoms with Gasteiger partial charge in [0.25, 0.3) is 0 Å². The van der Waals surface area contributed by atoms with Crippen molar-refractivity contribution in [3.8, 4) is 5.75 Å². The van der Waals surface area contributed by atoms with Crippen molar-refractivity contribution in [1.29, 1.82) is 0 Å². The third kappa shape index (κ3) is 3.75. The molecule has 0 amide bonds. The number of hydrogen-bond acceptors (Lipinski definition) is 3. The monoisotopic (exact) mass is 399 g/mol. The number of nitrogens with one attached hydrogen (secondary N) is 1. The van der Waals surface area contributed by atoms with Gasteiger partial charge in [0.2, 0.25) is 0 Å². The first kappa shape index (κ1) is 15.4. The molecule has 5 heteroatoms. The maximum Gasteiger partial charge on any atom is 0.118 e. The van der Waals surface area contributed by atoms with Crippen molar-refractivity contribution in [2.45, 2.75) is 6.10 Å². The molecule has 2 aromatic carbocycles. The minimum atomic E-state index is -0.583. The second-order valence-electron chi connectivity index (χ2n) is 4.27. The number of ether oxygens (including phenoxy) is 1. The number of rotatable bonds is 5. The highest BCUT2D eigenvalue weighted by Crippen LogP contribution is 2.31. The predicted octanol–water partition coefficient (Wildman–Crippen LogP) is 4.37. The maximum absolute atomic E-state index is 10.2. The average molecular weight is 401 g/mol. The van der Waals surface area contributed by atoms with Crippen LogP contribution >= 0.6 is 31.9 Å². The molecule has 2 rings (SSSR count). The first-order valence-corrected chi connectivity index (χ1v) is 7.70. The van der Waals surface area contributed by atoms with Crippen molar-refractivity contribution in [3.63, 3.8) is 0 Å². The van der Waals surface area contributed by atoms with E-state index in [1.165, 1.54) is 0 Å². The van der Waals surface area contributed by atoms with Crippen LogP contribution in [0.3, 0.4) is 0 Å². The zero-order valence-electron chi connectivity index (χ0n) is 10.9. The van der Waals surface area contributed by atoms with Crippen molar-refractivity contribution in [2.75, 3.05) is 19.0 Å². The van der Waals surface area contributed by atoms with E-state index in [0.29, 0.717) is 6.54 Å². The van der Waals surface area contributed by atoms with Crippen molar-refractivity contribution in [1.82, 2.24) is 0 Å². The normalized spacial score (nSPS) is 12.0. The minimum Gasteiger partial charge on any atom is -0.497 e. The number of aliphatic hydroxyl groups excluding tert-OH is 1. The first-order valence-electron chi connectivity index (χ1n) is 6.11. The van der Waals surface area contributed by atoms with Crippen molar-refractivity contribution in [3.05, 3.63) is 57.0 Å². The summed E-state index contributed by atoms with van der Waals surface area (Å²) >= 11 is 6.96. The van der Waals surface area contributed by atoms with E-state index < -0.39 is 6.10 Å². The van der Waals surface area contributed by atoms with Crippen molar-refractivity contribution in [2.24, 2.45) is 0 Å². The van der Waals surface area contributed by atoms with E-state index in [0.717, 1.165) is 25.9 Å². The fourth-order valence-corrected chi connectivity index (χ4v) is 3.09. The third-order valence-electron chi connectivity index (χ3n) is 2.94.